The van der Waals surface area contributed by atoms with Gasteiger partial charge in [0.15, 0.2) is 0 Å². The molecule has 17 aromatic carbocycles. The van der Waals surface area contributed by atoms with E-state index >= 15 is 0 Å². The van der Waals surface area contributed by atoms with Crippen molar-refractivity contribution in [1.29, 1.82) is 0 Å². The third-order valence-electron chi connectivity index (χ3n) is 20.8. The third-order valence-corrected chi connectivity index (χ3v) is 22.0. The average molecular weight is 1380 g/mol. The van der Waals surface area contributed by atoms with E-state index in [4.69, 9.17) is 38.7 Å². The van der Waals surface area contributed by atoms with Crippen molar-refractivity contribution in [3.8, 4) is 67.5 Å². The van der Waals surface area contributed by atoms with Gasteiger partial charge in [0.2, 0.25) is 0 Å². The first kappa shape index (κ1) is 61.5. The number of hydrogen-bond acceptors (Lipinski definition) is 9. The molecular formula is C98H58N6O2S. The molecular weight excluding hydrogens is 1330 g/mol. The molecule has 0 saturated heterocycles. The SMILES string of the molecule is c1ccc(-c2nc3c(ccc4ccccc43)nc2-c2cccc3c2ccc2c4ccccc4oc32)cc1.c1ccc(-c2nc3ccc4ccccc4c3nc2-c2cccc3c2ccc2c4ccccc4sc32)cc1.c1ccc(-c2nc3ccccc3nc2-c2cccc3c2ccc2c4ccccc4oc32)cc1. The first-order valence-corrected chi connectivity index (χ1v) is 36.7. The van der Waals surface area contributed by atoms with Crippen LogP contribution in [0.5, 0.6) is 0 Å². The van der Waals surface area contributed by atoms with Crippen LogP contribution in [-0.2, 0) is 0 Å². The fourth-order valence-corrected chi connectivity index (χ4v) is 17.0. The van der Waals surface area contributed by atoms with Crippen LogP contribution in [0.3, 0.4) is 0 Å². The first-order chi connectivity index (χ1) is 53.1. The van der Waals surface area contributed by atoms with Gasteiger partial charge >= 0.3 is 0 Å². The van der Waals surface area contributed by atoms with Gasteiger partial charge in [-0.05, 0) is 81.5 Å². The zero-order chi connectivity index (χ0) is 70.5. The van der Waals surface area contributed by atoms with Gasteiger partial charge in [0.25, 0.3) is 0 Å². The molecule has 8 nitrogen and oxygen atoms in total. The molecule has 0 aliphatic carbocycles. The van der Waals surface area contributed by atoms with Gasteiger partial charge in [-0.15, -0.1) is 11.3 Å². The standard InChI is InChI=1S/C34H20N2O.C34H20N2S.C30H18N2O/c1-2-10-22(11-3-1)31-33(35-29-20-17-21-9-4-5-12-23(21)32(29)36-31)26-14-8-15-27-24(26)18-19-28-25-13-6-7-16-30(25)37-34(27)28;1-2-10-22(11-3-1)31-33(36-32-23-12-5-4-9-21(23)17-20-29(32)35-31)26-14-8-15-27-24(26)18-19-28-25-13-6-7-16-30(25)37-34(27)28;1-2-9-19(10-3-1)28-29(32-26-15-6-5-14-25(26)31-28)22-12-8-13-23-20(22)17-18-24-21-11-4-7-16-27(21)33-30(23)24/h2*1-20H;1-18H. The molecule has 23 rings (SSSR count). The zero-order valence-electron chi connectivity index (χ0n) is 57.4. The van der Waals surface area contributed by atoms with Crippen LogP contribution in [0.15, 0.2) is 361 Å². The molecule has 6 aromatic heterocycles. The molecule has 0 atom stereocenters. The van der Waals surface area contributed by atoms with Gasteiger partial charge in [0.05, 0.1) is 67.3 Å². The smallest absolute Gasteiger partial charge is 0.143 e. The van der Waals surface area contributed by atoms with Crippen molar-refractivity contribution in [1.82, 2.24) is 29.9 Å². The van der Waals surface area contributed by atoms with E-state index in [1.165, 1.54) is 36.3 Å². The Labute approximate surface area is 616 Å². The minimum atomic E-state index is 0.870. The summed E-state index contributed by atoms with van der Waals surface area (Å²) in [4.78, 5) is 31.2. The van der Waals surface area contributed by atoms with Crippen LogP contribution < -0.4 is 0 Å². The number of nitrogens with zero attached hydrogens (tertiary/aromatic N) is 6. The Kier molecular flexibility index (Phi) is 14.6. The van der Waals surface area contributed by atoms with Crippen molar-refractivity contribution in [3.05, 3.63) is 352 Å². The highest BCUT2D eigenvalue weighted by molar-refractivity contribution is 7.26. The van der Waals surface area contributed by atoms with Crippen LogP contribution in [0.1, 0.15) is 0 Å². The number of hydrogen-bond donors (Lipinski definition) is 0. The Balaban J connectivity index is 0.000000103. The largest absolute Gasteiger partial charge is 0.455 e. The maximum Gasteiger partial charge on any atom is 0.143 e. The van der Waals surface area contributed by atoms with Gasteiger partial charge in [-0.3, -0.25) is 0 Å². The molecule has 0 saturated carbocycles. The Morgan fingerprint density at radius 2 is 0.523 bits per heavy atom. The van der Waals surface area contributed by atoms with Gasteiger partial charge in [-0.2, -0.15) is 0 Å². The van der Waals surface area contributed by atoms with E-state index in [1.54, 1.807) is 0 Å². The number of benzene rings is 17. The number of para-hydroxylation sites is 4. The Morgan fingerprint density at radius 1 is 0.196 bits per heavy atom. The lowest BCUT2D eigenvalue weighted by atomic mass is 9.96. The van der Waals surface area contributed by atoms with E-state index in [-0.39, 0.29) is 0 Å². The van der Waals surface area contributed by atoms with E-state index < -0.39 is 0 Å². The summed E-state index contributed by atoms with van der Waals surface area (Å²) in [6.45, 7) is 0. The lowest BCUT2D eigenvalue weighted by Crippen LogP contribution is -1.97. The van der Waals surface area contributed by atoms with Crippen molar-refractivity contribution in [2.24, 2.45) is 0 Å². The lowest BCUT2D eigenvalue weighted by molar-refractivity contribution is 0.672. The molecule has 0 bridgehead atoms. The fourth-order valence-electron chi connectivity index (χ4n) is 15.8. The number of rotatable bonds is 6. The number of aromatic nitrogens is 6. The van der Waals surface area contributed by atoms with Crippen molar-refractivity contribution in [2.45, 2.75) is 0 Å². The number of fused-ring (bicyclic) bond motifs is 22. The molecule has 0 fully saturated rings. The average Bonchev–Trinajstić information content (AvgIpc) is 1.30. The molecule has 9 heteroatoms. The van der Waals surface area contributed by atoms with Crippen molar-refractivity contribution >= 4 is 162 Å². The second-order valence-corrected chi connectivity index (χ2v) is 28.0. The van der Waals surface area contributed by atoms with Crippen LogP contribution in [0, 0.1) is 0 Å². The monoisotopic (exact) mass is 1380 g/mol. The third kappa shape index (κ3) is 10.4. The van der Waals surface area contributed by atoms with Crippen LogP contribution in [-0.4, -0.2) is 29.9 Å². The zero-order valence-corrected chi connectivity index (χ0v) is 58.2. The summed E-state index contributed by atoms with van der Waals surface area (Å²) in [5.41, 5.74) is 20.7. The Hall–Kier alpha value is -14.1. The van der Waals surface area contributed by atoms with E-state index in [1.807, 2.05) is 90.2 Å². The molecule has 0 radical (unpaired) electrons. The molecule has 0 aliphatic rings. The van der Waals surface area contributed by atoms with Crippen LogP contribution in [0.4, 0.5) is 0 Å². The lowest BCUT2D eigenvalue weighted by Gasteiger charge is -2.14. The number of furan rings is 2. The van der Waals surface area contributed by atoms with Gasteiger partial charge in [0, 0.05) is 102 Å². The Morgan fingerprint density at radius 3 is 1.04 bits per heavy atom. The first-order valence-electron chi connectivity index (χ1n) is 35.9. The maximum atomic E-state index is 6.35. The summed E-state index contributed by atoms with van der Waals surface area (Å²) in [7, 11) is 0. The molecule has 6 heterocycles. The predicted molar refractivity (Wildman–Crippen MR) is 446 cm³/mol. The van der Waals surface area contributed by atoms with E-state index in [2.05, 4.69) is 273 Å². The molecule has 0 spiro atoms. The molecule has 23 aromatic rings. The minimum absolute atomic E-state index is 0.870. The normalized spacial score (nSPS) is 11.7. The summed E-state index contributed by atoms with van der Waals surface area (Å²) in [5.74, 6) is 0. The Bertz CT molecular complexity index is 7520. The highest BCUT2D eigenvalue weighted by Gasteiger charge is 2.23. The fraction of sp³-hybridized carbons (Fsp3) is 0. The molecule has 0 amide bonds. The summed E-state index contributed by atoms with van der Waals surface area (Å²) in [5, 5.41) is 18.5. The number of thiophene rings is 1. The summed E-state index contributed by atoms with van der Waals surface area (Å²) < 4.78 is 15.3. The van der Waals surface area contributed by atoms with Crippen molar-refractivity contribution in [3.63, 3.8) is 0 Å². The van der Waals surface area contributed by atoms with Crippen molar-refractivity contribution in [2.75, 3.05) is 0 Å². The van der Waals surface area contributed by atoms with Crippen LogP contribution in [0.2, 0.25) is 0 Å². The summed E-state index contributed by atoms with van der Waals surface area (Å²) >= 11 is 1.86. The quantitative estimate of drug-likeness (QED) is 0.152. The molecule has 107 heavy (non-hydrogen) atoms. The van der Waals surface area contributed by atoms with Crippen LogP contribution in [0.25, 0.3) is 219 Å². The predicted octanol–water partition coefficient (Wildman–Crippen LogP) is 26.8. The van der Waals surface area contributed by atoms with Crippen molar-refractivity contribution < 1.29 is 8.83 Å². The molecule has 0 N–H and O–H groups in total. The summed E-state index contributed by atoms with van der Waals surface area (Å²) in [6.07, 6.45) is 0. The second-order valence-electron chi connectivity index (χ2n) is 27.0. The molecule has 0 unspecified atom stereocenters. The van der Waals surface area contributed by atoms with Gasteiger partial charge in [-0.25, -0.2) is 29.9 Å². The van der Waals surface area contributed by atoms with E-state index in [0.29, 0.717) is 0 Å². The van der Waals surface area contributed by atoms with E-state index in [0.717, 1.165) is 182 Å². The minimum Gasteiger partial charge on any atom is -0.455 e. The molecule has 0 aliphatic heterocycles. The topological polar surface area (TPSA) is 104 Å². The highest BCUT2D eigenvalue weighted by Crippen LogP contribution is 2.46. The molecule has 498 valence electrons. The second kappa shape index (κ2) is 25.4. The maximum absolute atomic E-state index is 6.35. The summed E-state index contributed by atoms with van der Waals surface area (Å²) in [6, 6.07) is 122. The van der Waals surface area contributed by atoms with Gasteiger partial charge in [-0.1, -0.05) is 297 Å². The highest BCUT2D eigenvalue weighted by atomic mass is 32.1. The van der Waals surface area contributed by atoms with E-state index in [9.17, 15) is 0 Å². The van der Waals surface area contributed by atoms with Crippen LogP contribution >= 0.6 is 11.3 Å². The van der Waals surface area contributed by atoms with Gasteiger partial charge in [0.1, 0.15) is 22.3 Å². The van der Waals surface area contributed by atoms with Gasteiger partial charge < -0.3 is 8.83 Å².